The Morgan fingerprint density at radius 2 is 2.06 bits per heavy atom. The maximum Gasteiger partial charge on any atom is 0.0462 e. The normalized spacial score (nSPS) is 24.1. The van der Waals surface area contributed by atoms with Gasteiger partial charge in [-0.15, -0.1) is 0 Å². The van der Waals surface area contributed by atoms with Crippen molar-refractivity contribution in [3.05, 3.63) is 28.5 Å². The van der Waals surface area contributed by atoms with E-state index in [0.717, 1.165) is 17.6 Å². The zero-order valence-electron chi connectivity index (χ0n) is 10.6. The molecule has 1 aliphatic rings. The van der Waals surface area contributed by atoms with Crippen LogP contribution in [0.5, 0.6) is 0 Å². The van der Waals surface area contributed by atoms with Crippen molar-refractivity contribution in [2.75, 3.05) is 13.2 Å². The average Bonchev–Trinajstić information content (AvgIpc) is 2.39. The van der Waals surface area contributed by atoms with Crippen molar-refractivity contribution in [2.45, 2.75) is 32.2 Å². The Morgan fingerprint density at radius 3 is 2.78 bits per heavy atom. The van der Waals surface area contributed by atoms with Gasteiger partial charge < -0.3 is 10.4 Å². The van der Waals surface area contributed by atoms with E-state index in [1.165, 1.54) is 31.2 Å². The Balaban J connectivity index is 1.77. The molecule has 0 aliphatic heterocycles. The van der Waals surface area contributed by atoms with Crippen molar-refractivity contribution in [3.63, 3.8) is 0 Å². The zero-order chi connectivity index (χ0) is 12.8. The molecular formula is C14H21BrN2O. The van der Waals surface area contributed by atoms with E-state index in [4.69, 9.17) is 0 Å². The second kappa shape index (κ2) is 7.22. The van der Waals surface area contributed by atoms with Crippen LogP contribution in [0.15, 0.2) is 22.9 Å². The predicted molar refractivity (Wildman–Crippen MR) is 76.2 cm³/mol. The van der Waals surface area contributed by atoms with Crippen molar-refractivity contribution >= 4 is 15.9 Å². The molecular weight excluding hydrogens is 292 g/mol. The van der Waals surface area contributed by atoms with Crippen molar-refractivity contribution in [2.24, 2.45) is 11.8 Å². The van der Waals surface area contributed by atoms with Crippen LogP contribution in [0.4, 0.5) is 0 Å². The predicted octanol–water partition coefficient (Wildman–Crippen LogP) is 2.73. The van der Waals surface area contributed by atoms with E-state index in [0.29, 0.717) is 18.4 Å². The van der Waals surface area contributed by atoms with Gasteiger partial charge in [0.1, 0.15) is 0 Å². The number of rotatable bonds is 5. The molecule has 1 saturated carbocycles. The lowest BCUT2D eigenvalue weighted by molar-refractivity contribution is 0.133. The number of aliphatic hydroxyl groups excluding tert-OH is 1. The summed E-state index contributed by atoms with van der Waals surface area (Å²) >= 11 is 3.43. The summed E-state index contributed by atoms with van der Waals surface area (Å²) < 4.78 is 1.02. The van der Waals surface area contributed by atoms with Crippen molar-refractivity contribution in [1.82, 2.24) is 10.3 Å². The Kier molecular flexibility index (Phi) is 5.60. The summed E-state index contributed by atoms with van der Waals surface area (Å²) in [7, 11) is 0. The molecule has 0 amide bonds. The number of pyridine rings is 1. The van der Waals surface area contributed by atoms with Gasteiger partial charge in [0.15, 0.2) is 0 Å². The minimum atomic E-state index is 0.338. The van der Waals surface area contributed by atoms with Crippen LogP contribution >= 0.6 is 15.9 Å². The Hall–Kier alpha value is -0.450. The third-order valence-corrected chi connectivity index (χ3v) is 4.23. The summed E-state index contributed by atoms with van der Waals surface area (Å²) in [4.78, 5) is 4.15. The van der Waals surface area contributed by atoms with Gasteiger partial charge in [-0.1, -0.05) is 12.8 Å². The Morgan fingerprint density at radius 1 is 1.28 bits per heavy atom. The minimum absolute atomic E-state index is 0.338. The molecule has 18 heavy (non-hydrogen) atoms. The molecule has 100 valence electrons. The second-order valence-corrected chi connectivity index (χ2v) is 6.05. The molecule has 0 spiro atoms. The van der Waals surface area contributed by atoms with Gasteiger partial charge in [-0.25, -0.2) is 0 Å². The third-order valence-electron chi connectivity index (χ3n) is 3.80. The molecule has 2 N–H and O–H groups in total. The molecule has 1 heterocycles. The van der Waals surface area contributed by atoms with E-state index in [-0.39, 0.29) is 0 Å². The summed E-state index contributed by atoms with van der Waals surface area (Å²) in [6.45, 7) is 2.18. The van der Waals surface area contributed by atoms with E-state index < -0.39 is 0 Å². The van der Waals surface area contributed by atoms with Crippen molar-refractivity contribution in [1.29, 1.82) is 0 Å². The molecule has 2 unspecified atom stereocenters. The van der Waals surface area contributed by atoms with Crippen molar-refractivity contribution in [3.8, 4) is 0 Å². The summed E-state index contributed by atoms with van der Waals surface area (Å²) in [5.41, 5.74) is 1.20. The van der Waals surface area contributed by atoms with Gasteiger partial charge in [0.25, 0.3) is 0 Å². The lowest BCUT2D eigenvalue weighted by atomic mass is 9.79. The lowest BCUT2D eigenvalue weighted by Gasteiger charge is -2.30. The van der Waals surface area contributed by atoms with Crippen LogP contribution in [0.25, 0.3) is 0 Å². The number of nitrogens with one attached hydrogen (secondary N) is 1. The third kappa shape index (κ3) is 4.04. The van der Waals surface area contributed by atoms with Crippen LogP contribution in [-0.2, 0) is 6.54 Å². The van der Waals surface area contributed by atoms with Gasteiger partial charge >= 0.3 is 0 Å². The highest BCUT2D eigenvalue weighted by Gasteiger charge is 2.23. The first-order valence-electron chi connectivity index (χ1n) is 6.70. The molecule has 0 aromatic carbocycles. The van der Waals surface area contributed by atoms with Gasteiger partial charge in [0.2, 0.25) is 0 Å². The standard InChI is InChI=1S/C14H21BrN2O/c15-14-5-11(7-17-9-14)6-16-8-12-3-1-2-4-13(12)10-18/h5,7,9,12-13,16,18H,1-4,6,8,10H2. The Bertz CT molecular complexity index is 373. The fraction of sp³-hybridized carbons (Fsp3) is 0.643. The monoisotopic (exact) mass is 312 g/mol. The summed E-state index contributed by atoms with van der Waals surface area (Å²) in [5.74, 6) is 1.12. The SMILES string of the molecule is OCC1CCCCC1CNCc1cncc(Br)c1. The molecule has 0 bridgehead atoms. The first-order valence-corrected chi connectivity index (χ1v) is 7.50. The number of aromatic nitrogens is 1. The molecule has 1 aromatic heterocycles. The van der Waals surface area contributed by atoms with Crippen molar-refractivity contribution < 1.29 is 5.11 Å². The van der Waals surface area contributed by atoms with Crippen LogP contribution in [0.2, 0.25) is 0 Å². The summed E-state index contributed by atoms with van der Waals surface area (Å²) in [5, 5.41) is 12.9. The van der Waals surface area contributed by atoms with E-state index in [2.05, 4.69) is 32.3 Å². The first kappa shape index (κ1) is 14.0. The maximum absolute atomic E-state index is 9.37. The molecule has 3 nitrogen and oxygen atoms in total. The number of halogens is 1. The number of nitrogens with zero attached hydrogens (tertiary/aromatic N) is 1. The number of hydrogen-bond donors (Lipinski definition) is 2. The molecule has 0 saturated heterocycles. The topological polar surface area (TPSA) is 45.1 Å². The number of aliphatic hydroxyl groups is 1. The average molecular weight is 313 g/mol. The quantitative estimate of drug-likeness (QED) is 0.878. The maximum atomic E-state index is 9.37. The lowest BCUT2D eigenvalue weighted by Crippen LogP contribution is -2.32. The van der Waals surface area contributed by atoms with E-state index >= 15 is 0 Å². The van der Waals surface area contributed by atoms with Gasteiger partial charge in [-0.3, -0.25) is 4.98 Å². The van der Waals surface area contributed by atoms with Crippen LogP contribution in [0, 0.1) is 11.8 Å². The molecule has 1 aliphatic carbocycles. The largest absolute Gasteiger partial charge is 0.396 e. The van der Waals surface area contributed by atoms with Gasteiger partial charge in [-0.05, 0) is 58.8 Å². The van der Waals surface area contributed by atoms with Crippen LogP contribution < -0.4 is 5.32 Å². The minimum Gasteiger partial charge on any atom is -0.396 e. The fourth-order valence-corrected chi connectivity index (χ4v) is 3.16. The molecule has 2 rings (SSSR count). The summed E-state index contributed by atoms with van der Waals surface area (Å²) in [6.07, 6.45) is 8.70. The highest BCUT2D eigenvalue weighted by atomic mass is 79.9. The zero-order valence-corrected chi connectivity index (χ0v) is 12.2. The highest BCUT2D eigenvalue weighted by molar-refractivity contribution is 9.10. The molecule has 2 atom stereocenters. The first-order chi connectivity index (χ1) is 8.79. The molecule has 0 radical (unpaired) electrons. The highest BCUT2D eigenvalue weighted by Crippen LogP contribution is 2.29. The smallest absolute Gasteiger partial charge is 0.0462 e. The Labute approximate surface area is 117 Å². The van der Waals surface area contributed by atoms with Crippen LogP contribution in [0.3, 0.4) is 0 Å². The summed E-state index contributed by atoms with van der Waals surface area (Å²) in [6, 6.07) is 2.09. The van der Waals surface area contributed by atoms with E-state index in [1.54, 1.807) is 6.20 Å². The fourth-order valence-electron chi connectivity index (χ4n) is 2.75. The molecule has 1 fully saturated rings. The second-order valence-electron chi connectivity index (χ2n) is 5.13. The van der Waals surface area contributed by atoms with E-state index in [9.17, 15) is 5.11 Å². The van der Waals surface area contributed by atoms with Gasteiger partial charge in [0.05, 0.1) is 0 Å². The van der Waals surface area contributed by atoms with Gasteiger partial charge in [-0.2, -0.15) is 0 Å². The molecule has 4 heteroatoms. The van der Waals surface area contributed by atoms with Crippen LogP contribution in [-0.4, -0.2) is 23.2 Å². The van der Waals surface area contributed by atoms with Crippen LogP contribution in [0.1, 0.15) is 31.2 Å². The van der Waals surface area contributed by atoms with Gasteiger partial charge in [0, 0.05) is 30.0 Å². The number of hydrogen-bond acceptors (Lipinski definition) is 3. The molecule has 1 aromatic rings. The van der Waals surface area contributed by atoms with E-state index in [1.807, 2.05) is 6.20 Å².